The van der Waals surface area contributed by atoms with Crippen molar-refractivity contribution < 1.29 is 27.6 Å². The van der Waals surface area contributed by atoms with E-state index in [0.717, 1.165) is 20.3 Å². The fraction of sp³-hybridized carbons (Fsp3) is 0.350. The minimum Gasteiger partial charge on any atom is -0.454 e. The van der Waals surface area contributed by atoms with Crippen molar-refractivity contribution in [2.75, 3.05) is 6.54 Å². The molecule has 0 spiro atoms. The average molecular weight is 464 g/mol. The van der Waals surface area contributed by atoms with Crippen molar-refractivity contribution in [3.05, 3.63) is 52.7 Å². The van der Waals surface area contributed by atoms with Gasteiger partial charge in [0, 0.05) is 13.0 Å². The van der Waals surface area contributed by atoms with Gasteiger partial charge in [-0.05, 0) is 48.6 Å². The van der Waals surface area contributed by atoms with Crippen molar-refractivity contribution in [1.82, 2.24) is 14.4 Å². The second kappa shape index (κ2) is 8.50. The molecular formula is C20H21N3O6S2. The third-order valence-electron chi connectivity index (χ3n) is 5.14. The number of nitrogens with zero attached hydrogens (tertiary/aromatic N) is 3. The second-order valence-corrected chi connectivity index (χ2v) is 10.2. The Kier molecular flexibility index (Phi) is 5.93. The number of esters is 1. The lowest BCUT2D eigenvalue weighted by Gasteiger charge is -2.22. The van der Waals surface area contributed by atoms with Crippen LogP contribution in [0, 0.1) is 13.8 Å². The molecule has 1 aliphatic heterocycles. The Morgan fingerprint density at radius 2 is 2.13 bits per heavy atom. The molecule has 164 valence electrons. The molecule has 11 heteroatoms. The molecule has 0 radical (unpaired) electrons. The smallest absolute Gasteiger partial charge is 0.325 e. The molecule has 3 aromatic rings. The number of hydrogen-bond donors (Lipinski definition) is 1. The van der Waals surface area contributed by atoms with Crippen LogP contribution in [0.5, 0.6) is 0 Å². The molecule has 1 N–H and O–H groups in total. The number of aryl methyl sites for hydroxylation is 2. The Balaban J connectivity index is 1.48. The highest BCUT2D eigenvalue weighted by Gasteiger charge is 2.44. The van der Waals surface area contributed by atoms with E-state index in [4.69, 9.17) is 9.26 Å². The predicted octanol–water partition coefficient (Wildman–Crippen LogP) is 2.28. The van der Waals surface area contributed by atoms with E-state index < -0.39 is 28.1 Å². The molecule has 1 aliphatic rings. The van der Waals surface area contributed by atoms with Gasteiger partial charge in [-0.2, -0.15) is 9.29 Å². The molecule has 0 bridgehead atoms. The summed E-state index contributed by atoms with van der Waals surface area (Å²) in [6.45, 7) is 3.22. The van der Waals surface area contributed by atoms with Crippen LogP contribution in [-0.4, -0.2) is 52.6 Å². The Bertz CT molecular complexity index is 1190. The summed E-state index contributed by atoms with van der Waals surface area (Å²) in [6.07, 6.45) is -1.01. The first kappa shape index (κ1) is 21.6. The van der Waals surface area contributed by atoms with Crippen LogP contribution in [0.4, 0.5) is 0 Å². The molecular weight excluding hydrogens is 442 g/mol. The fourth-order valence-electron chi connectivity index (χ4n) is 3.32. The number of ether oxygens (including phenoxy) is 1. The van der Waals surface area contributed by atoms with Gasteiger partial charge in [0.15, 0.2) is 6.61 Å². The van der Waals surface area contributed by atoms with Crippen LogP contribution in [0.2, 0.25) is 0 Å². The second-order valence-electron chi connectivity index (χ2n) is 7.32. The maximum absolute atomic E-state index is 13.1. The average Bonchev–Trinajstić information content (AvgIpc) is 3.48. The fourth-order valence-corrected chi connectivity index (χ4v) is 5.68. The number of carbonyl (C=O) groups excluding carboxylic acids is 1. The summed E-state index contributed by atoms with van der Waals surface area (Å²) >= 11 is 1.44. The van der Waals surface area contributed by atoms with Gasteiger partial charge in [0.25, 0.3) is 5.89 Å². The number of aromatic nitrogens is 2. The van der Waals surface area contributed by atoms with Gasteiger partial charge in [0.2, 0.25) is 15.8 Å². The summed E-state index contributed by atoms with van der Waals surface area (Å²) in [4.78, 5) is 17.7. The summed E-state index contributed by atoms with van der Waals surface area (Å²) in [5.74, 6) is -0.296. The molecule has 9 nitrogen and oxygen atoms in total. The zero-order chi connectivity index (χ0) is 22.2. The van der Waals surface area contributed by atoms with Gasteiger partial charge < -0.3 is 14.4 Å². The number of rotatable bonds is 6. The Labute approximate surface area is 183 Å². The largest absolute Gasteiger partial charge is 0.454 e. The SMILES string of the molecule is Cc1ccc(S(=O)(=O)N2CC(O)CC2C(=O)OCc2nc(-c3cccs3)no2)cc1C. The van der Waals surface area contributed by atoms with E-state index in [1.54, 1.807) is 12.1 Å². The van der Waals surface area contributed by atoms with Crippen molar-refractivity contribution in [2.45, 2.75) is 43.9 Å². The number of thiophene rings is 1. The molecule has 1 saturated heterocycles. The molecule has 4 rings (SSSR count). The van der Waals surface area contributed by atoms with Gasteiger partial charge in [-0.3, -0.25) is 4.79 Å². The van der Waals surface area contributed by atoms with E-state index in [1.165, 1.54) is 17.4 Å². The first-order valence-electron chi connectivity index (χ1n) is 9.56. The summed E-state index contributed by atoms with van der Waals surface area (Å²) < 4.78 is 37.6. The lowest BCUT2D eigenvalue weighted by atomic mass is 10.1. The lowest BCUT2D eigenvalue weighted by Crippen LogP contribution is -2.41. The molecule has 1 fully saturated rings. The van der Waals surface area contributed by atoms with Gasteiger partial charge in [0.1, 0.15) is 6.04 Å². The first-order chi connectivity index (χ1) is 14.8. The summed E-state index contributed by atoms with van der Waals surface area (Å²) in [6, 6.07) is 7.31. The monoisotopic (exact) mass is 463 g/mol. The number of benzene rings is 1. The molecule has 3 heterocycles. The van der Waals surface area contributed by atoms with E-state index in [0.29, 0.717) is 5.82 Å². The normalized spacial score (nSPS) is 19.6. The number of hydrogen-bond acceptors (Lipinski definition) is 9. The van der Waals surface area contributed by atoms with Crippen molar-refractivity contribution in [3.8, 4) is 10.7 Å². The van der Waals surface area contributed by atoms with E-state index in [1.807, 2.05) is 31.4 Å². The first-order valence-corrected chi connectivity index (χ1v) is 11.9. The molecule has 31 heavy (non-hydrogen) atoms. The van der Waals surface area contributed by atoms with E-state index in [9.17, 15) is 18.3 Å². The van der Waals surface area contributed by atoms with E-state index in [2.05, 4.69) is 10.1 Å². The molecule has 0 amide bonds. The van der Waals surface area contributed by atoms with Crippen LogP contribution < -0.4 is 0 Å². The minimum atomic E-state index is -3.99. The van der Waals surface area contributed by atoms with Crippen LogP contribution in [0.25, 0.3) is 10.7 Å². The number of aliphatic hydroxyl groups excluding tert-OH is 1. The topological polar surface area (TPSA) is 123 Å². The quantitative estimate of drug-likeness (QED) is 0.553. The van der Waals surface area contributed by atoms with Gasteiger partial charge in [-0.15, -0.1) is 11.3 Å². The van der Waals surface area contributed by atoms with Crippen molar-refractivity contribution in [1.29, 1.82) is 0 Å². The van der Waals surface area contributed by atoms with Gasteiger partial charge in [-0.1, -0.05) is 17.3 Å². The summed E-state index contributed by atoms with van der Waals surface area (Å²) in [5.41, 5.74) is 1.77. The third kappa shape index (κ3) is 4.40. The van der Waals surface area contributed by atoms with Crippen LogP contribution in [-0.2, 0) is 26.2 Å². The predicted molar refractivity (Wildman–Crippen MR) is 112 cm³/mol. The molecule has 0 aliphatic carbocycles. The number of β-amino-alcohol motifs (C(OH)–C–C–N with tert-alkyl or cyclic N) is 1. The number of carbonyl (C=O) groups is 1. The Morgan fingerprint density at radius 3 is 2.84 bits per heavy atom. The van der Waals surface area contributed by atoms with Crippen molar-refractivity contribution >= 4 is 27.3 Å². The number of aliphatic hydroxyl groups is 1. The molecule has 2 atom stereocenters. The summed E-state index contributed by atoms with van der Waals surface area (Å²) in [7, 11) is -3.99. The highest BCUT2D eigenvalue weighted by Crippen LogP contribution is 2.28. The van der Waals surface area contributed by atoms with E-state index >= 15 is 0 Å². The highest BCUT2D eigenvalue weighted by atomic mass is 32.2. The molecule has 2 aromatic heterocycles. The van der Waals surface area contributed by atoms with Crippen LogP contribution in [0.1, 0.15) is 23.4 Å². The van der Waals surface area contributed by atoms with Gasteiger partial charge >= 0.3 is 5.97 Å². The molecule has 1 aromatic carbocycles. The zero-order valence-corrected chi connectivity index (χ0v) is 18.5. The molecule has 0 saturated carbocycles. The van der Waals surface area contributed by atoms with Gasteiger partial charge in [0.05, 0.1) is 15.9 Å². The standard InChI is InChI=1S/C20H21N3O6S2/c1-12-5-6-15(8-13(12)2)31(26,27)23-10-14(24)9-16(23)20(25)28-11-18-21-19(22-29-18)17-4-3-7-30-17/h3-8,14,16,24H,9-11H2,1-2H3. The lowest BCUT2D eigenvalue weighted by molar-refractivity contribution is -0.149. The van der Waals surface area contributed by atoms with Crippen LogP contribution in [0.15, 0.2) is 45.1 Å². The zero-order valence-electron chi connectivity index (χ0n) is 16.9. The summed E-state index contributed by atoms with van der Waals surface area (Å²) in [5, 5.41) is 15.8. The van der Waals surface area contributed by atoms with Crippen molar-refractivity contribution in [2.24, 2.45) is 0 Å². The maximum atomic E-state index is 13.1. The molecule has 2 unspecified atom stereocenters. The highest BCUT2D eigenvalue weighted by molar-refractivity contribution is 7.89. The minimum absolute atomic E-state index is 0.0484. The number of sulfonamides is 1. The van der Waals surface area contributed by atoms with Crippen LogP contribution >= 0.6 is 11.3 Å². The Hall–Kier alpha value is -2.60. The van der Waals surface area contributed by atoms with Crippen molar-refractivity contribution in [3.63, 3.8) is 0 Å². The van der Waals surface area contributed by atoms with Gasteiger partial charge in [-0.25, -0.2) is 8.42 Å². The Morgan fingerprint density at radius 1 is 1.32 bits per heavy atom. The van der Waals surface area contributed by atoms with E-state index in [-0.39, 0.29) is 30.4 Å². The van der Waals surface area contributed by atoms with Crippen LogP contribution in [0.3, 0.4) is 0 Å². The maximum Gasteiger partial charge on any atom is 0.325 e. The third-order valence-corrected chi connectivity index (χ3v) is 7.87.